The van der Waals surface area contributed by atoms with E-state index < -0.39 is 0 Å². The topological polar surface area (TPSA) is 101 Å². The number of amides is 2. The average Bonchev–Trinajstić information content (AvgIpc) is 2.99. The Morgan fingerprint density at radius 1 is 1.00 bits per heavy atom. The molecule has 0 saturated carbocycles. The molecule has 9 nitrogen and oxygen atoms in total. The lowest BCUT2D eigenvalue weighted by molar-refractivity contribution is 0.0697. The first-order valence-electron chi connectivity index (χ1n) is 14.1. The number of likely N-dealkylation sites (tertiary alicyclic amines) is 1. The molecule has 2 aromatic carbocycles. The van der Waals surface area contributed by atoms with Crippen LogP contribution in [0.1, 0.15) is 37.3 Å². The summed E-state index contributed by atoms with van der Waals surface area (Å²) < 4.78 is 20.6. The third-order valence-electron chi connectivity index (χ3n) is 7.98. The molecule has 0 spiro atoms. The largest absolute Gasteiger partial charge is 0.381 e. The predicted molar refractivity (Wildman–Crippen MR) is 157 cm³/mol. The van der Waals surface area contributed by atoms with E-state index in [1.807, 2.05) is 41.8 Å². The van der Waals surface area contributed by atoms with Gasteiger partial charge in [0.05, 0.1) is 0 Å². The van der Waals surface area contributed by atoms with Crippen molar-refractivity contribution in [2.75, 3.05) is 36.9 Å². The summed E-state index contributed by atoms with van der Waals surface area (Å²) in [6, 6.07) is 15.4. The summed E-state index contributed by atoms with van der Waals surface area (Å²) >= 11 is 0. The van der Waals surface area contributed by atoms with Crippen LogP contribution in [0, 0.1) is 12.7 Å². The first-order valence-corrected chi connectivity index (χ1v) is 14.1. The van der Waals surface area contributed by atoms with Gasteiger partial charge in [0.25, 0.3) is 5.56 Å². The summed E-state index contributed by atoms with van der Waals surface area (Å²) in [7, 11) is 0. The van der Waals surface area contributed by atoms with Crippen LogP contribution in [-0.2, 0) is 4.74 Å². The number of ether oxygens (including phenoxy) is 1. The minimum Gasteiger partial charge on any atom is -0.381 e. The van der Waals surface area contributed by atoms with E-state index in [0.717, 1.165) is 42.2 Å². The predicted octanol–water partition coefficient (Wildman–Crippen LogP) is 5.37. The molecule has 0 unspecified atom stereocenters. The fraction of sp³-hybridized carbons (Fsp3) is 0.355. The third-order valence-corrected chi connectivity index (χ3v) is 7.98. The Labute approximate surface area is 237 Å². The number of nitrogens with one attached hydrogen (secondary N) is 2. The van der Waals surface area contributed by atoms with Gasteiger partial charge in [0.2, 0.25) is 5.95 Å². The van der Waals surface area contributed by atoms with Crippen LogP contribution in [-0.4, -0.2) is 57.8 Å². The number of fused-ring (bicyclic) bond motifs is 1. The summed E-state index contributed by atoms with van der Waals surface area (Å²) in [6.45, 7) is 4.35. The first kappa shape index (κ1) is 26.9. The molecule has 4 heterocycles. The maximum Gasteiger partial charge on any atom is 0.321 e. The standard InChI is InChI=1S/C31H33FN6O3/c1-20-4-2-3-5-26(20)27-18-21-19-33-30(36-28(21)38(29(27)39)25-12-16-41-17-13-25)34-24-10-14-37(15-11-24)31(40)35-23-8-6-22(32)7-9-23/h2-9,18-19,24-25H,10-17H2,1H3,(H,35,40)(H,33,34,36). The molecule has 41 heavy (non-hydrogen) atoms. The smallest absolute Gasteiger partial charge is 0.321 e. The van der Waals surface area contributed by atoms with E-state index in [1.165, 1.54) is 12.1 Å². The Morgan fingerprint density at radius 2 is 1.73 bits per heavy atom. The van der Waals surface area contributed by atoms with E-state index in [-0.39, 0.29) is 29.5 Å². The Balaban J connectivity index is 1.22. The maximum atomic E-state index is 14.0. The van der Waals surface area contributed by atoms with Gasteiger partial charge >= 0.3 is 6.03 Å². The molecule has 6 rings (SSSR count). The molecule has 0 bridgehead atoms. The van der Waals surface area contributed by atoms with Crippen LogP contribution in [0.4, 0.5) is 20.8 Å². The van der Waals surface area contributed by atoms with Crippen LogP contribution in [0.2, 0.25) is 0 Å². The monoisotopic (exact) mass is 556 g/mol. The van der Waals surface area contributed by atoms with E-state index in [9.17, 15) is 14.0 Å². The Kier molecular flexibility index (Phi) is 7.65. The van der Waals surface area contributed by atoms with Crippen molar-refractivity contribution in [3.05, 3.63) is 82.5 Å². The Bertz CT molecular complexity index is 1610. The lowest BCUT2D eigenvalue weighted by Crippen LogP contribution is -2.44. The van der Waals surface area contributed by atoms with Gasteiger partial charge in [-0.1, -0.05) is 24.3 Å². The molecule has 2 fully saturated rings. The van der Waals surface area contributed by atoms with Crippen LogP contribution < -0.4 is 16.2 Å². The average molecular weight is 557 g/mol. The van der Waals surface area contributed by atoms with Gasteiger partial charge in [-0.3, -0.25) is 9.36 Å². The van der Waals surface area contributed by atoms with E-state index in [0.29, 0.717) is 49.1 Å². The molecular formula is C31H33FN6O3. The molecule has 0 aliphatic carbocycles. The quantitative estimate of drug-likeness (QED) is 0.343. The number of hydrogen-bond donors (Lipinski definition) is 2. The molecule has 2 aliphatic rings. The summed E-state index contributed by atoms with van der Waals surface area (Å²) in [5.41, 5.74) is 3.73. The van der Waals surface area contributed by atoms with Crippen molar-refractivity contribution in [2.24, 2.45) is 0 Å². The number of aryl methyl sites for hydroxylation is 1. The lowest BCUT2D eigenvalue weighted by Gasteiger charge is -2.32. The van der Waals surface area contributed by atoms with Gasteiger partial charge in [0.1, 0.15) is 11.5 Å². The molecule has 4 aromatic rings. The number of anilines is 2. The second kappa shape index (κ2) is 11.7. The second-order valence-corrected chi connectivity index (χ2v) is 10.7. The molecule has 2 saturated heterocycles. The van der Waals surface area contributed by atoms with Crippen molar-refractivity contribution in [1.82, 2.24) is 19.4 Å². The lowest BCUT2D eigenvalue weighted by atomic mass is 10.00. The number of benzene rings is 2. The van der Waals surface area contributed by atoms with Gasteiger partial charge in [0.15, 0.2) is 0 Å². The molecule has 2 N–H and O–H groups in total. The fourth-order valence-electron chi connectivity index (χ4n) is 5.69. The van der Waals surface area contributed by atoms with Gasteiger partial charge in [-0.05, 0) is 74.1 Å². The highest BCUT2D eigenvalue weighted by molar-refractivity contribution is 5.89. The molecule has 0 atom stereocenters. The number of hydrogen-bond acceptors (Lipinski definition) is 6. The summed E-state index contributed by atoms with van der Waals surface area (Å²) in [5.74, 6) is 0.123. The van der Waals surface area contributed by atoms with Crippen LogP contribution >= 0.6 is 0 Å². The number of piperidine rings is 1. The van der Waals surface area contributed by atoms with Crippen molar-refractivity contribution in [3.63, 3.8) is 0 Å². The molecule has 212 valence electrons. The number of carbonyl (C=O) groups is 1. The zero-order valence-corrected chi connectivity index (χ0v) is 23.0. The molecule has 10 heteroatoms. The van der Waals surface area contributed by atoms with E-state index in [2.05, 4.69) is 15.6 Å². The number of urea groups is 1. The molecular weight excluding hydrogens is 523 g/mol. The van der Waals surface area contributed by atoms with Crippen molar-refractivity contribution in [1.29, 1.82) is 0 Å². The first-order chi connectivity index (χ1) is 20.0. The summed E-state index contributed by atoms with van der Waals surface area (Å²) in [5, 5.41) is 7.06. The number of halogens is 1. The number of carbonyl (C=O) groups excluding carboxylic acids is 1. The van der Waals surface area contributed by atoms with Crippen LogP contribution in [0.25, 0.3) is 22.2 Å². The SMILES string of the molecule is Cc1ccccc1-c1cc2cnc(NC3CCN(C(=O)Nc4ccc(F)cc4)CC3)nc2n(C2CCOCC2)c1=O. The normalized spacial score (nSPS) is 16.6. The van der Waals surface area contributed by atoms with Gasteiger partial charge in [-0.25, -0.2) is 14.2 Å². The van der Waals surface area contributed by atoms with Crippen molar-refractivity contribution in [3.8, 4) is 11.1 Å². The van der Waals surface area contributed by atoms with Gasteiger partial charge in [-0.2, -0.15) is 4.98 Å². The van der Waals surface area contributed by atoms with Crippen LogP contribution in [0.5, 0.6) is 0 Å². The second-order valence-electron chi connectivity index (χ2n) is 10.7. The molecule has 2 aliphatic heterocycles. The number of pyridine rings is 1. The Morgan fingerprint density at radius 3 is 2.46 bits per heavy atom. The zero-order chi connectivity index (χ0) is 28.3. The van der Waals surface area contributed by atoms with Crippen LogP contribution in [0.3, 0.4) is 0 Å². The van der Waals surface area contributed by atoms with Crippen molar-refractivity contribution in [2.45, 2.75) is 44.7 Å². The summed E-state index contributed by atoms with van der Waals surface area (Å²) in [6.07, 6.45) is 4.72. The molecule has 2 amide bonds. The highest BCUT2D eigenvalue weighted by Crippen LogP contribution is 2.28. The maximum absolute atomic E-state index is 14.0. The van der Waals surface area contributed by atoms with Crippen molar-refractivity contribution < 1.29 is 13.9 Å². The number of aromatic nitrogens is 3. The third kappa shape index (κ3) is 5.78. The highest BCUT2D eigenvalue weighted by atomic mass is 19.1. The van der Waals surface area contributed by atoms with Crippen molar-refractivity contribution >= 4 is 28.7 Å². The van der Waals surface area contributed by atoms with Gasteiger partial charge in [0, 0.05) is 61.2 Å². The van der Waals surface area contributed by atoms with E-state index in [4.69, 9.17) is 9.72 Å². The van der Waals surface area contributed by atoms with Gasteiger partial charge in [-0.15, -0.1) is 0 Å². The zero-order valence-electron chi connectivity index (χ0n) is 23.0. The van der Waals surface area contributed by atoms with Gasteiger partial charge < -0.3 is 20.3 Å². The Hall–Kier alpha value is -4.31. The molecule has 0 radical (unpaired) electrons. The molecule has 2 aromatic heterocycles. The summed E-state index contributed by atoms with van der Waals surface area (Å²) in [4.78, 5) is 37.8. The number of nitrogens with zero attached hydrogens (tertiary/aromatic N) is 4. The van der Waals surface area contributed by atoms with E-state index >= 15 is 0 Å². The minimum absolute atomic E-state index is 0.00618. The van der Waals surface area contributed by atoms with Crippen LogP contribution in [0.15, 0.2) is 65.6 Å². The highest BCUT2D eigenvalue weighted by Gasteiger charge is 2.25. The number of rotatable bonds is 5. The minimum atomic E-state index is -0.345. The fourth-order valence-corrected chi connectivity index (χ4v) is 5.69. The van der Waals surface area contributed by atoms with E-state index in [1.54, 1.807) is 23.2 Å².